The summed E-state index contributed by atoms with van der Waals surface area (Å²) in [5.74, 6) is -0.457. The van der Waals surface area contributed by atoms with Gasteiger partial charge in [0, 0.05) is 16.7 Å². The van der Waals surface area contributed by atoms with Gasteiger partial charge in [0.25, 0.3) is 0 Å². The summed E-state index contributed by atoms with van der Waals surface area (Å²) < 4.78 is 0. The highest BCUT2D eigenvalue weighted by atomic mass is 16.1. The van der Waals surface area contributed by atoms with Crippen LogP contribution in [0.2, 0.25) is 0 Å². The molecular formula is C18H30O3. The van der Waals surface area contributed by atoms with Crippen LogP contribution in [0.15, 0.2) is 18.2 Å². The molecule has 1 rings (SSSR count). The van der Waals surface area contributed by atoms with Crippen LogP contribution in [-0.2, 0) is 0 Å². The number of rotatable bonds is 3. The minimum Gasteiger partial charge on any atom is -0.295 e. The molecule has 0 heterocycles. The van der Waals surface area contributed by atoms with Crippen LogP contribution in [-0.4, -0.2) is 17.3 Å². The van der Waals surface area contributed by atoms with Crippen molar-refractivity contribution in [2.24, 2.45) is 0 Å². The molecule has 0 unspecified atom stereocenters. The Hall–Kier alpha value is -1.77. The number of ketones is 3. The Morgan fingerprint density at radius 2 is 0.667 bits per heavy atom. The second-order valence-electron chi connectivity index (χ2n) is 3.47. The van der Waals surface area contributed by atoms with Crippen LogP contribution in [0.5, 0.6) is 0 Å². The summed E-state index contributed by atoms with van der Waals surface area (Å²) in [5.41, 5.74) is 1.19. The van der Waals surface area contributed by atoms with E-state index in [-0.39, 0.29) is 17.3 Å². The average molecular weight is 294 g/mol. The zero-order valence-electron chi connectivity index (χ0n) is 15.0. The maximum Gasteiger partial charge on any atom is 0.159 e. The Kier molecular flexibility index (Phi) is 16.9. The third-order valence-electron chi connectivity index (χ3n) is 2.15. The Morgan fingerprint density at radius 1 is 0.524 bits per heavy atom. The first-order chi connectivity index (χ1) is 9.91. The summed E-state index contributed by atoms with van der Waals surface area (Å²) in [6.07, 6.45) is 0. The van der Waals surface area contributed by atoms with Gasteiger partial charge in [-0.25, -0.2) is 0 Å². The first kappa shape index (κ1) is 24.3. The van der Waals surface area contributed by atoms with Crippen LogP contribution in [0, 0.1) is 0 Å². The van der Waals surface area contributed by atoms with E-state index in [9.17, 15) is 14.4 Å². The lowest BCUT2D eigenvalue weighted by atomic mass is 10.00. The Morgan fingerprint density at radius 3 is 0.762 bits per heavy atom. The third kappa shape index (κ3) is 9.72. The van der Waals surface area contributed by atoms with E-state index in [1.165, 1.54) is 39.0 Å². The molecule has 0 saturated carbocycles. The smallest absolute Gasteiger partial charge is 0.159 e. The van der Waals surface area contributed by atoms with E-state index >= 15 is 0 Å². The van der Waals surface area contributed by atoms with Gasteiger partial charge in [-0.2, -0.15) is 0 Å². The molecule has 21 heavy (non-hydrogen) atoms. The molecule has 120 valence electrons. The maximum atomic E-state index is 11.2. The van der Waals surface area contributed by atoms with Gasteiger partial charge in [-0.15, -0.1) is 0 Å². The monoisotopic (exact) mass is 294 g/mol. The van der Waals surface area contributed by atoms with Gasteiger partial charge in [0.15, 0.2) is 17.3 Å². The predicted molar refractivity (Wildman–Crippen MR) is 90.5 cm³/mol. The number of carbonyl (C=O) groups excluding carboxylic acids is 3. The van der Waals surface area contributed by atoms with Gasteiger partial charge >= 0.3 is 0 Å². The molecule has 1 aromatic carbocycles. The highest BCUT2D eigenvalue weighted by Crippen LogP contribution is 2.12. The van der Waals surface area contributed by atoms with E-state index in [2.05, 4.69) is 0 Å². The molecule has 3 nitrogen and oxygen atoms in total. The van der Waals surface area contributed by atoms with Crippen LogP contribution in [0.4, 0.5) is 0 Å². The summed E-state index contributed by atoms with van der Waals surface area (Å²) in [6.45, 7) is 16.2. The Balaban J connectivity index is -0.000000478. The van der Waals surface area contributed by atoms with Crippen LogP contribution in [0.3, 0.4) is 0 Å². The van der Waals surface area contributed by atoms with Crippen molar-refractivity contribution in [3.63, 3.8) is 0 Å². The van der Waals surface area contributed by atoms with E-state index < -0.39 is 0 Å². The van der Waals surface area contributed by atoms with E-state index in [1.54, 1.807) is 0 Å². The standard InChI is InChI=1S/C12H12O3.3C2H6/c1-7(13)10-4-11(8(2)14)6-12(5-10)9(3)15;3*1-2/h4-6H,1-3H3;3*1-2H3. The molecule has 0 spiro atoms. The molecule has 0 aromatic heterocycles. The first-order valence-electron chi connectivity index (χ1n) is 7.59. The molecule has 0 N–H and O–H groups in total. The fourth-order valence-electron chi connectivity index (χ4n) is 1.24. The van der Waals surface area contributed by atoms with E-state index in [1.807, 2.05) is 41.5 Å². The number of Topliss-reactive ketones (excluding diaryl/α,β-unsaturated/α-hetero) is 3. The topological polar surface area (TPSA) is 51.2 Å². The molecule has 0 bridgehead atoms. The maximum absolute atomic E-state index is 11.2. The molecule has 0 fully saturated rings. The van der Waals surface area contributed by atoms with E-state index in [0.717, 1.165) is 0 Å². The quantitative estimate of drug-likeness (QED) is 0.704. The SMILES string of the molecule is CC.CC.CC.CC(=O)c1cc(C(C)=O)cc(C(C)=O)c1. The van der Waals surface area contributed by atoms with Crippen LogP contribution in [0.1, 0.15) is 93.4 Å². The highest BCUT2D eigenvalue weighted by Gasteiger charge is 2.09. The minimum atomic E-state index is -0.152. The third-order valence-corrected chi connectivity index (χ3v) is 2.15. The van der Waals surface area contributed by atoms with Crippen molar-refractivity contribution in [1.82, 2.24) is 0 Å². The van der Waals surface area contributed by atoms with Crippen molar-refractivity contribution in [2.75, 3.05) is 0 Å². The predicted octanol–water partition coefficient (Wildman–Crippen LogP) is 5.37. The fourth-order valence-corrected chi connectivity index (χ4v) is 1.24. The van der Waals surface area contributed by atoms with Crippen molar-refractivity contribution >= 4 is 17.3 Å². The van der Waals surface area contributed by atoms with Gasteiger partial charge in [-0.1, -0.05) is 41.5 Å². The molecule has 0 amide bonds. The zero-order chi connectivity index (χ0) is 17.6. The lowest BCUT2D eigenvalue weighted by molar-refractivity contribution is 0.101. The van der Waals surface area contributed by atoms with E-state index in [4.69, 9.17) is 0 Å². The van der Waals surface area contributed by atoms with Crippen molar-refractivity contribution < 1.29 is 14.4 Å². The number of carbonyl (C=O) groups is 3. The second kappa shape index (κ2) is 14.6. The number of benzene rings is 1. The van der Waals surface area contributed by atoms with Crippen LogP contribution in [0.25, 0.3) is 0 Å². The summed E-state index contributed by atoms with van der Waals surface area (Å²) in [7, 11) is 0. The number of hydrogen-bond acceptors (Lipinski definition) is 3. The van der Waals surface area contributed by atoms with Crippen molar-refractivity contribution in [2.45, 2.75) is 62.3 Å². The Bertz CT molecular complexity index is 367. The van der Waals surface area contributed by atoms with Crippen molar-refractivity contribution in [3.05, 3.63) is 34.9 Å². The summed E-state index contributed by atoms with van der Waals surface area (Å²) >= 11 is 0. The lowest BCUT2D eigenvalue weighted by Gasteiger charge is -2.03. The largest absolute Gasteiger partial charge is 0.295 e. The molecular weight excluding hydrogens is 264 g/mol. The summed E-state index contributed by atoms with van der Waals surface area (Å²) in [4.78, 5) is 33.5. The molecule has 0 aliphatic heterocycles. The van der Waals surface area contributed by atoms with Crippen molar-refractivity contribution in [1.29, 1.82) is 0 Å². The molecule has 0 aliphatic rings. The van der Waals surface area contributed by atoms with E-state index in [0.29, 0.717) is 16.7 Å². The summed E-state index contributed by atoms with van der Waals surface area (Å²) in [5, 5.41) is 0. The Labute approximate surface area is 129 Å². The molecule has 0 aliphatic carbocycles. The zero-order valence-corrected chi connectivity index (χ0v) is 15.0. The van der Waals surface area contributed by atoms with Gasteiger partial charge in [0.1, 0.15) is 0 Å². The molecule has 3 heteroatoms. The molecule has 1 aromatic rings. The lowest BCUT2D eigenvalue weighted by Crippen LogP contribution is -2.03. The first-order valence-corrected chi connectivity index (χ1v) is 7.59. The second-order valence-corrected chi connectivity index (χ2v) is 3.47. The fraction of sp³-hybridized carbons (Fsp3) is 0.500. The van der Waals surface area contributed by atoms with Crippen LogP contribution < -0.4 is 0 Å². The molecule has 0 radical (unpaired) electrons. The van der Waals surface area contributed by atoms with Gasteiger partial charge < -0.3 is 0 Å². The average Bonchev–Trinajstić information content (AvgIpc) is 2.52. The highest BCUT2D eigenvalue weighted by molar-refractivity contribution is 6.04. The van der Waals surface area contributed by atoms with Gasteiger partial charge in [-0.05, 0) is 39.0 Å². The van der Waals surface area contributed by atoms with Gasteiger partial charge in [-0.3, -0.25) is 14.4 Å². The normalized spacial score (nSPS) is 7.86. The van der Waals surface area contributed by atoms with Gasteiger partial charge in [0.05, 0.1) is 0 Å². The molecule has 0 saturated heterocycles. The minimum absolute atomic E-state index is 0.152. The van der Waals surface area contributed by atoms with Crippen LogP contribution >= 0.6 is 0 Å². The van der Waals surface area contributed by atoms with Crippen molar-refractivity contribution in [3.8, 4) is 0 Å². The van der Waals surface area contributed by atoms with Gasteiger partial charge in [0.2, 0.25) is 0 Å². The summed E-state index contributed by atoms with van der Waals surface area (Å²) in [6, 6.07) is 4.53. The molecule has 0 atom stereocenters. The number of hydrogen-bond donors (Lipinski definition) is 0.